The maximum Gasteiger partial charge on any atom is 0.236 e. The summed E-state index contributed by atoms with van der Waals surface area (Å²) in [4.78, 5) is 14.3. The van der Waals surface area contributed by atoms with E-state index in [0.29, 0.717) is 24.5 Å². The van der Waals surface area contributed by atoms with Crippen LogP contribution in [0.5, 0.6) is 0 Å². The molecule has 0 heterocycles. The number of amides is 1. The maximum absolute atomic E-state index is 12.2. The first kappa shape index (κ1) is 16.4. The number of hydrogen-bond donors (Lipinski definition) is 1. The normalized spacial score (nSPS) is 11.6. The summed E-state index contributed by atoms with van der Waals surface area (Å²) in [7, 11) is 0. The van der Waals surface area contributed by atoms with Gasteiger partial charge in [-0.1, -0.05) is 41.5 Å². The lowest BCUT2D eigenvalue weighted by Gasteiger charge is -2.32. The molecule has 0 aromatic heterocycles. The molecule has 0 radical (unpaired) electrons. The first-order valence-electron chi connectivity index (χ1n) is 6.95. The molecule has 1 N–H and O–H groups in total. The average molecular weight is 242 g/mol. The summed E-state index contributed by atoms with van der Waals surface area (Å²) in [6, 6.07) is 0.750. The van der Waals surface area contributed by atoms with Crippen molar-refractivity contribution in [3.63, 3.8) is 0 Å². The summed E-state index contributed by atoms with van der Waals surface area (Å²) < 4.78 is 0. The van der Waals surface area contributed by atoms with E-state index >= 15 is 0 Å². The molecule has 0 unspecified atom stereocenters. The Bertz CT molecular complexity index is 210. The van der Waals surface area contributed by atoms with Gasteiger partial charge in [0.2, 0.25) is 5.91 Å². The Labute approximate surface area is 107 Å². The van der Waals surface area contributed by atoms with Crippen molar-refractivity contribution in [3.05, 3.63) is 0 Å². The highest BCUT2D eigenvalue weighted by atomic mass is 16.2. The highest BCUT2D eigenvalue weighted by Gasteiger charge is 2.21. The largest absolute Gasteiger partial charge is 0.338 e. The Hall–Kier alpha value is -0.570. The van der Waals surface area contributed by atoms with Crippen LogP contribution in [0.4, 0.5) is 0 Å². The summed E-state index contributed by atoms with van der Waals surface area (Å²) in [6.07, 6.45) is 2.08. The first-order valence-corrected chi connectivity index (χ1v) is 6.95. The molecule has 0 aliphatic heterocycles. The van der Waals surface area contributed by atoms with Gasteiger partial charge in [0.05, 0.1) is 6.54 Å². The Morgan fingerprint density at radius 2 is 1.65 bits per heavy atom. The van der Waals surface area contributed by atoms with Crippen LogP contribution in [0.1, 0.15) is 54.4 Å². The van der Waals surface area contributed by atoms with Gasteiger partial charge >= 0.3 is 0 Å². The summed E-state index contributed by atoms with van der Waals surface area (Å²) in [5.41, 5.74) is 0. The molecule has 0 saturated heterocycles. The minimum Gasteiger partial charge on any atom is -0.338 e. The predicted octanol–water partition coefficient (Wildman–Crippen LogP) is 2.66. The Morgan fingerprint density at radius 3 is 2.00 bits per heavy atom. The van der Waals surface area contributed by atoms with E-state index in [2.05, 4.69) is 51.8 Å². The number of nitrogens with zero attached hydrogens (tertiary/aromatic N) is 1. The van der Waals surface area contributed by atoms with Gasteiger partial charge in [-0.3, -0.25) is 4.79 Å². The number of rotatable bonds is 8. The third kappa shape index (κ3) is 6.67. The van der Waals surface area contributed by atoms with E-state index in [1.807, 2.05) is 0 Å². The van der Waals surface area contributed by atoms with E-state index in [4.69, 9.17) is 0 Å². The standard InChI is InChI=1S/C14H30N2O/c1-7-13(8-2)16(10-11(3)4)14(17)9-15-12(5)6/h11-13,15H,7-10H2,1-6H3. The van der Waals surface area contributed by atoms with Crippen molar-refractivity contribution in [3.8, 4) is 0 Å². The smallest absolute Gasteiger partial charge is 0.236 e. The van der Waals surface area contributed by atoms with Crippen LogP contribution in [0.2, 0.25) is 0 Å². The van der Waals surface area contributed by atoms with Crippen LogP contribution in [0.3, 0.4) is 0 Å². The van der Waals surface area contributed by atoms with Gasteiger partial charge in [0.1, 0.15) is 0 Å². The van der Waals surface area contributed by atoms with Gasteiger partial charge in [-0.15, -0.1) is 0 Å². The van der Waals surface area contributed by atoms with Gasteiger partial charge in [-0.25, -0.2) is 0 Å². The van der Waals surface area contributed by atoms with Crippen molar-refractivity contribution in [2.45, 2.75) is 66.5 Å². The van der Waals surface area contributed by atoms with Crippen LogP contribution >= 0.6 is 0 Å². The topological polar surface area (TPSA) is 32.3 Å². The first-order chi connectivity index (χ1) is 7.92. The molecule has 0 aliphatic carbocycles. The minimum atomic E-state index is 0.237. The molecule has 0 atom stereocenters. The summed E-state index contributed by atoms with van der Waals surface area (Å²) >= 11 is 0. The van der Waals surface area contributed by atoms with E-state index in [0.717, 1.165) is 19.4 Å². The molecule has 0 spiro atoms. The van der Waals surface area contributed by atoms with E-state index in [1.54, 1.807) is 0 Å². The lowest BCUT2D eigenvalue weighted by atomic mass is 10.1. The van der Waals surface area contributed by atoms with Crippen LogP contribution in [-0.2, 0) is 4.79 Å². The zero-order chi connectivity index (χ0) is 13.4. The second-order valence-corrected chi connectivity index (χ2v) is 5.45. The van der Waals surface area contributed by atoms with E-state index in [-0.39, 0.29) is 5.91 Å². The molecule has 1 amide bonds. The molecule has 3 nitrogen and oxygen atoms in total. The van der Waals surface area contributed by atoms with Gasteiger partial charge < -0.3 is 10.2 Å². The molecule has 0 aromatic carbocycles. The fourth-order valence-electron chi connectivity index (χ4n) is 1.97. The van der Waals surface area contributed by atoms with Crippen LogP contribution in [-0.4, -0.2) is 36.0 Å². The van der Waals surface area contributed by atoms with Crippen molar-refractivity contribution in [1.29, 1.82) is 0 Å². The summed E-state index contributed by atoms with van der Waals surface area (Å²) in [5, 5.41) is 3.21. The number of nitrogens with one attached hydrogen (secondary N) is 1. The fraction of sp³-hybridized carbons (Fsp3) is 0.929. The number of carbonyl (C=O) groups excluding carboxylic acids is 1. The van der Waals surface area contributed by atoms with Crippen LogP contribution in [0.25, 0.3) is 0 Å². The second kappa shape index (κ2) is 8.51. The van der Waals surface area contributed by atoms with Crippen LogP contribution in [0, 0.1) is 5.92 Å². The van der Waals surface area contributed by atoms with Crippen molar-refractivity contribution < 1.29 is 4.79 Å². The lowest BCUT2D eigenvalue weighted by molar-refractivity contribution is -0.133. The average Bonchev–Trinajstić information content (AvgIpc) is 2.25. The third-order valence-electron chi connectivity index (χ3n) is 2.93. The molecule has 3 heteroatoms. The SMILES string of the molecule is CCC(CC)N(CC(C)C)C(=O)CNC(C)C. The van der Waals surface area contributed by atoms with Crippen molar-refractivity contribution in [2.75, 3.05) is 13.1 Å². The predicted molar refractivity (Wildman–Crippen MR) is 74.1 cm³/mol. The van der Waals surface area contributed by atoms with Crippen LogP contribution in [0.15, 0.2) is 0 Å². The van der Waals surface area contributed by atoms with Gasteiger partial charge in [0.25, 0.3) is 0 Å². The van der Waals surface area contributed by atoms with Gasteiger partial charge in [-0.2, -0.15) is 0 Å². The maximum atomic E-state index is 12.2. The van der Waals surface area contributed by atoms with Gasteiger partial charge in [0, 0.05) is 18.6 Å². The van der Waals surface area contributed by atoms with E-state index in [9.17, 15) is 4.79 Å². The van der Waals surface area contributed by atoms with Crippen molar-refractivity contribution in [1.82, 2.24) is 10.2 Å². The molecule has 17 heavy (non-hydrogen) atoms. The minimum absolute atomic E-state index is 0.237. The Balaban J connectivity index is 4.49. The molecule has 0 aliphatic rings. The Morgan fingerprint density at radius 1 is 1.12 bits per heavy atom. The van der Waals surface area contributed by atoms with Gasteiger partial charge in [0.15, 0.2) is 0 Å². The Kier molecular flexibility index (Phi) is 8.23. The molecule has 0 bridgehead atoms. The van der Waals surface area contributed by atoms with E-state index < -0.39 is 0 Å². The lowest BCUT2D eigenvalue weighted by Crippen LogP contribution is -2.46. The summed E-state index contributed by atoms with van der Waals surface area (Å²) in [6.45, 7) is 14.1. The zero-order valence-electron chi connectivity index (χ0n) is 12.4. The molecule has 0 rings (SSSR count). The molecular formula is C14H30N2O. The highest BCUT2D eigenvalue weighted by molar-refractivity contribution is 5.78. The van der Waals surface area contributed by atoms with Crippen LogP contribution < -0.4 is 5.32 Å². The molecule has 0 saturated carbocycles. The van der Waals surface area contributed by atoms with Gasteiger partial charge in [-0.05, 0) is 18.8 Å². The number of hydrogen-bond acceptors (Lipinski definition) is 2. The third-order valence-corrected chi connectivity index (χ3v) is 2.93. The quantitative estimate of drug-likeness (QED) is 0.709. The van der Waals surface area contributed by atoms with Crippen molar-refractivity contribution in [2.24, 2.45) is 5.92 Å². The molecule has 0 fully saturated rings. The number of carbonyl (C=O) groups is 1. The fourth-order valence-corrected chi connectivity index (χ4v) is 1.97. The monoisotopic (exact) mass is 242 g/mol. The highest BCUT2D eigenvalue weighted by Crippen LogP contribution is 2.11. The molecule has 0 aromatic rings. The van der Waals surface area contributed by atoms with Crippen molar-refractivity contribution >= 4 is 5.91 Å². The summed E-state index contributed by atoms with van der Waals surface area (Å²) in [5.74, 6) is 0.764. The van der Waals surface area contributed by atoms with E-state index in [1.165, 1.54) is 0 Å². The second-order valence-electron chi connectivity index (χ2n) is 5.45. The zero-order valence-corrected chi connectivity index (χ0v) is 12.4. The molecule has 102 valence electrons. The molecular weight excluding hydrogens is 212 g/mol.